The third-order valence-electron chi connectivity index (χ3n) is 6.37. The molecule has 0 saturated heterocycles. The fourth-order valence-electron chi connectivity index (χ4n) is 4.23. The number of hydrogen-bond donors (Lipinski definition) is 1. The van der Waals surface area contributed by atoms with E-state index in [1.165, 1.54) is 18.3 Å². The van der Waals surface area contributed by atoms with Crippen molar-refractivity contribution in [3.63, 3.8) is 0 Å². The van der Waals surface area contributed by atoms with Crippen LogP contribution >= 0.6 is 11.6 Å². The summed E-state index contributed by atoms with van der Waals surface area (Å²) in [6.45, 7) is 0. The van der Waals surface area contributed by atoms with Gasteiger partial charge in [0.1, 0.15) is 11.4 Å². The Morgan fingerprint density at radius 3 is 2.20 bits per heavy atom. The summed E-state index contributed by atoms with van der Waals surface area (Å²) in [6.07, 6.45) is -3.34. The Morgan fingerprint density at radius 2 is 1.59 bits per heavy atom. The van der Waals surface area contributed by atoms with Gasteiger partial charge in [0.05, 0.1) is 28.8 Å². The summed E-state index contributed by atoms with van der Waals surface area (Å²) < 4.78 is 42.4. The van der Waals surface area contributed by atoms with E-state index >= 15 is 0 Å². The Balaban J connectivity index is 1.49. The molecule has 11 heteroatoms. The molecule has 41 heavy (non-hydrogen) atoms. The fourth-order valence-corrected chi connectivity index (χ4v) is 4.36. The van der Waals surface area contributed by atoms with Gasteiger partial charge in [-0.1, -0.05) is 41.9 Å². The first-order valence-corrected chi connectivity index (χ1v) is 12.5. The second kappa shape index (κ2) is 10.9. The maximum Gasteiger partial charge on any atom is 0.433 e. The van der Waals surface area contributed by atoms with Crippen molar-refractivity contribution in [3.8, 4) is 16.9 Å². The van der Waals surface area contributed by atoms with E-state index in [0.717, 1.165) is 23.9 Å². The van der Waals surface area contributed by atoms with E-state index in [2.05, 4.69) is 10.1 Å². The van der Waals surface area contributed by atoms with Crippen LogP contribution in [0.4, 0.5) is 24.5 Å². The number of ketones is 1. The van der Waals surface area contributed by atoms with E-state index in [1.54, 1.807) is 48.5 Å². The van der Waals surface area contributed by atoms with Crippen molar-refractivity contribution in [1.82, 2.24) is 14.8 Å². The van der Waals surface area contributed by atoms with Crippen molar-refractivity contribution >= 4 is 34.7 Å². The first-order chi connectivity index (χ1) is 19.5. The molecule has 0 unspecified atom stereocenters. The molecule has 0 aliphatic carbocycles. The SMILES string of the molecule is CN(c1ccc(Cl)cc1)c1ccc(C(=O)c2ccc(-n3nc(-c4ccccc4)cc3C(F)(F)F)c(C(=O)O)c2)nc1. The van der Waals surface area contributed by atoms with Gasteiger partial charge in [-0.25, -0.2) is 9.48 Å². The third kappa shape index (κ3) is 5.68. The third-order valence-corrected chi connectivity index (χ3v) is 6.62. The van der Waals surface area contributed by atoms with Gasteiger partial charge in [0.2, 0.25) is 5.78 Å². The van der Waals surface area contributed by atoms with E-state index in [1.807, 2.05) is 24.1 Å². The van der Waals surface area contributed by atoms with E-state index in [-0.39, 0.29) is 22.6 Å². The fraction of sp³-hybridized carbons (Fsp3) is 0.0667. The van der Waals surface area contributed by atoms with Gasteiger partial charge < -0.3 is 10.0 Å². The monoisotopic (exact) mass is 576 g/mol. The second-order valence-electron chi connectivity index (χ2n) is 8.99. The summed E-state index contributed by atoms with van der Waals surface area (Å²) in [6, 6.07) is 22.8. The zero-order valence-corrected chi connectivity index (χ0v) is 22.1. The standard InChI is InChI=1S/C30H20ClF3N4O3/c1-37(21-10-8-20(31)9-11-21)22-12-13-24(35-17-22)28(39)19-7-14-26(23(15-19)29(40)41)38-27(30(32,33)34)16-25(36-38)18-5-3-2-4-6-18/h2-17H,1H3,(H,40,41). The van der Waals surface area contributed by atoms with E-state index in [4.69, 9.17) is 11.6 Å². The smallest absolute Gasteiger partial charge is 0.433 e. The molecule has 0 saturated carbocycles. The van der Waals surface area contributed by atoms with Crippen LogP contribution < -0.4 is 4.90 Å². The van der Waals surface area contributed by atoms with Crippen LogP contribution in [0.25, 0.3) is 16.9 Å². The quantitative estimate of drug-likeness (QED) is 0.204. The molecule has 5 aromatic rings. The number of pyridine rings is 1. The number of aromatic carboxylic acids is 1. The van der Waals surface area contributed by atoms with Crippen LogP contribution in [0.3, 0.4) is 0 Å². The lowest BCUT2D eigenvalue weighted by Gasteiger charge is -2.19. The molecule has 0 aliphatic heterocycles. The molecule has 2 aromatic heterocycles. The molecule has 5 rings (SSSR count). The van der Waals surface area contributed by atoms with Gasteiger partial charge in [-0.05, 0) is 60.7 Å². The Kier molecular flexibility index (Phi) is 7.34. The normalized spacial score (nSPS) is 11.3. The highest BCUT2D eigenvalue weighted by Crippen LogP contribution is 2.35. The van der Waals surface area contributed by atoms with Crippen molar-refractivity contribution in [2.24, 2.45) is 0 Å². The van der Waals surface area contributed by atoms with Crippen LogP contribution in [0.15, 0.2) is 97.2 Å². The number of halogens is 4. The Morgan fingerprint density at radius 1 is 0.902 bits per heavy atom. The largest absolute Gasteiger partial charge is 0.478 e. The lowest BCUT2D eigenvalue weighted by molar-refractivity contribution is -0.142. The molecule has 7 nitrogen and oxygen atoms in total. The highest BCUT2D eigenvalue weighted by molar-refractivity contribution is 6.30. The van der Waals surface area contributed by atoms with Crippen molar-refractivity contribution < 1.29 is 27.9 Å². The predicted octanol–water partition coefficient (Wildman–Crippen LogP) is 7.30. The van der Waals surface area contributed by atoms with E-state index in [0.29, 0.717) is 21.0 Å². The minimum atomic E-state index is -4.82. The molecule has 0 radical (unpaired) electrons. The first-order valence-electron chi connectivity index (χ1n) is 12.1. The van der Waals surface area contributed by atoms with Crippen molar-refractivity contribution in [2.75, 3.05) is 11.9 Å². The van der Waals surface area contributed by atoms with Crippen LogP contribution in [0.1, 0.15) is 32.1 Å². The highest BCUT2D eigenvalue weighted by atomic mass is 35.5. The number of carbonyl (C=O) groups excluding carboxylic acids is 1. The number of anilines is 2. The van der Waals surface area contributed by atoms with Crippen LogP contribution in [0, 0.1) is 0 Å². The molecule has 0 amide bonds. The van der Waals surface area contributed by atoms with Gasteiger partial charge in [-0.2, -0.15) is 18.3 Å². The average Bonchev–Trinajstić information content (AvgIpc) is 3.43. The molecule has 3 aromatic carbocycles. The molecule has 0 fully saturated rings. The Hall–Kier alpha value is -4.96. The van der Waals surface area contributed by atoms with Gasteiger partial charge in [-0.15, -0.1) is 0 Å². The van der Waals surface area contributed by atoms with Crippen LogP contribution in [0.2, 0.25) is 5.02 Å². The van der Waals surface area contributed by atoms with Gasteiger partial charge in [0.25, 0.3) is 0 Å². The molecule has 0 bridgehead atoms. The minimum absolute atomic E-state index is 0.0160. The zero-order valence-electron chi connectivity index (χ0n) is 21.3. The molecular weight excluding hydrogens is 557 g/mol. The zero-order chi connectivity index (χ0) is 29.3. The number of carbonyl (C=O) groups is 2. The first kappa shape index (κ1) is 27.6. The maximum absolute atomic E-state index is 14.0. The number of carboxylic acid groups (broad SMARTS) is 1. The summed E-state index contributed by atoms with van der Waals surface area (Å²) in [5, 5.41) is 14.5. The lowest BCUT2D eigenvalue weighted by Crippen LogP contribution is -2.17. The summed E-state index contributed by atoms with van der Waals surface area (Å²) in [5.41, 5.74) is -0.0778. The highest BCUT2D eigenvalue weighted by Gasteiger charge is 2.37. The van der Waals surface area contributed by atoms with Crippen molar-refractivity contribution in [1.29, 1.82) is 0 Å². The summed E-state index contributed by atoms with van der Waals surface area (Å²) in [5.74, 6) is -2.12. The summed E-state index contributed by atoms with van der Waals surface area (Å²) in [4.78, 5) is 31.4. The van der Waals surface area contributed by atoms with Crippen LogP contribution in [-0.2, 0) is 6.18 Å². The number of rotatable bonds is 7. The molecule has 206 valence electrons. The number of hydrogen-bond acceptors (Lipinski definition) is 5. The molecule has 0 spiro atoms. The second-order valence-corrected chi connectivity index (χ2v) is 9.43. The molecule has 1 N–H and O–H groups in total. The minimum Gasteiger partial charge on any atom is -0.478 e. The number of aromatic nitrogens is 3. The van der Waals surface area contributed by atoms with Gasteiger partial charge >= 0.3 is 12.1 Å². The maximum atomic E-state index is 14.0. The number of benzene rings is 3. The molecule has 0 aliphatic rings. The van der Waals surface area contributed by atoms with Crippen LogP contribution in [-0.4, -0.2) is 38.7 Å². The van der Waals surface area contributed by atoms with Crippen molar-refractivity contribution in [3.05, 3.63) is 125 Å². The van der Waals surface area contributed by atoms with Gasteiger partial charge in [0.15, 0.2) is 0 Å². The van der Waals surface area contributed by atoms with Crippen molar-refractivity contribution in [2.45, 2.75) is 6.18 Å². The Bertz CT molecular complexity index is 1740. The summed E-state index contributed by atoms with van der Waals surface area (Å²) in [7, 11) is 1.81. The number of nitrogens with zero attached hydrogens (tertiary/aromatic N) is 4. The summed E-state index contributed by atoms with van der Waals surface area (Å²) >= 11 is 5.95. The number of alkyl halides is 3. The average molecular weight is 577 g/mol. The molecular formula is C30H20ClF3N4O3. The topological polar surface area (TPSA) is 88.3 Å². The van der Waals surface area contributed by atoms with Crippen LogP contribution in [0.5, 0.6) is 0 Å². The Labute approximate surface area is 237 Å². The van der Waals surface area contributed by atoms with Gasteiger partial charge in [0, 0.05) is 28.9 Å². The van der Waals surface area contributed by atoms with E-state index in [9.17, 15) is 27.9 Å². The van der Waals surface area contributed by atoms with E-state index < -0.39 is 29.2 Å². The van der Waals surface area contributed by atoms with Gasteiger partial charge in [-0.3, -0.25) is 9.78 Å². The molecule has 2 heterocycles. The predicted molar refractivity (Wildman–Crippen MR) is 148 cm³/mol. The lowest BCUT2D eigenvalue weighted by atomic mass is 10.0. The number of carboxylic acids is 1. The molecule has 0 atom stereocenters.